The van der Waals surface area contributed by atoms with E-state index in [0.29, 0.717) is 14.3 Å². The smallest absolute Gasteiger partial charge is 0.267 e. The first kappa shape index (κ1) is 13.8. The molecular weight excluding hydrogens is 310 g/mol. The number of anilines is 1. The van der Waals surface area contributed by atoms with Crippen LogP contribution in [0.2, 0.25) is 4.34 Å². The maximum Gasteiger partial charge on any atom is 0.267 e. The van der Waals surface area contributed by atoms with Gasteiger partial charge in [-0.2, -0.15) is 0 Å². The minimum atomic E-state index is -0.199. The van der Waals surface area contributed by atoms with E-state index in [-0.39, 0.29) is 5.91 Å². The first-order valence-electron chi connectivity index (χ1n) is 5.22. The number of thiophene rings is 1. The average molecular weight is 320 g/mol. The molecule has 1 N–H and O–H groups in total. The summed E-state index contributed by atoms with van der Waals surface area (Å²) >= 11 is 10.0. The summed E-state index contributed by atoms with van der Waals surface area (Å²) in [6.45, 7) is 2.11. The summed E-state index contributed by atoms with van der Waals surface area (Å²) in [5, 5.41) is 11.2. The summed E-state index contributed by atoms with van der Waals surface area (Å²) in [5.41, 5.74) is 0. The molecule has 0 aliphatic heterocycles. The van der Waals surface area contributed by atoms with E-state index in [1.165, 1.54) is 22.7 Å². The Bertz CT molecular complexity index is 540. The van der Waals surface area contributed by atoms with Crippen LogP contribution in [-0.4, -0.2) is 21.9 Å². The highest BCUT2D eigenvalue weighted by atomic mass is 35.5. The molecule has 0 aliphatic carbocycles. The Labute approximate surface area is 122 Å². The lowest BCUT2D eigenvalue weighted by atomic mass is 10.4. The third kappa shape index (κ3) is 3.68. The van der Waals surface area contributed by atoms with Crippen molar-refractivity contribution in [1.29, 1.82) is 0 Å². The number of thioether (sulfide) groups is 1. The lowest BCUT2D eigenvalue weighted by Gasteiger charge is -1.96. The molecule has 0 atom stereocenters. The lowest BCUT2D eigenvalue weighted by Crippen LogP contribution is -2.09. The lowest BCUT2D eigenvalue weighted by molar-refractivity contribution is 0.103. The van der Waals surface area contributed by atoms with Crippen molar-refractivity contribution >= 4 is 57.1 Å². The molecule has 0 spiro atoms. The van der Waals surface area contributed by atoms with Crippen LogP contribution in [0.5, 0.6) is 0 Å². The number of halogens is 1. The Kier molecular flexibility index (Phi) is 4.99. The third-order valence-electron chi connectivity index (χ3n) is 1.85. The highest BCUT2D eigenvalue weighted by molar-refractivity contribution is 8.01. The number of carbonyl (C=O) groups excluding carboxylic acids is 1. The zero-order chi connectivity index (χ0) is 13.0. The number of aromatic nitrogens is 2. The minimum absolute atomic E-state index is 0.199. The fourth-order valence-electron chi connectivity index (χ4n) is 1.10. The Morgan fingerprint density at radius 3 is 2.94 bits per heavy atom. The standard InChI is InChI=1S/C10H10ClN3OS3/c1-2-5-16-10-14-13-9(18-10)12-8(15)6-3-4-7(11)17-6/h3-4H,2,5H2,1H3,(H,12,13,15). The van der Waals surface area contributed by atoms with Crippen LogP contribution >= 0.6 is 46.0 Å². The molecule has 0 radical (unpaired) electrons. The summed E-state index contributed by atoms with van der Waals surface area (Å²) in [6.07, 6.45) is 1.08. The fourth-order valence-corrected chi connectivity index (χ4v) is 3.71. The molecule has 1 amide bonds. The second-order valence-corrected chi connectivity index (χ2v) is 7.31. The van der Waals surface area contributed by atoms with Gasteiger partial charge in [-0.15, -0.1) is 21.5 Å². The SMILES string of the molecule is CCCSc1nnc(NC(=O)c2ccc(Cl)s2)s1. The van der Waals surface area contributed by atoms with Gasteiger partial charge >= 0.3 is 0 Å². The number of hydrogen-bond donors (Lipinski definition) is 1. The molecule has 2 rings (SSSR count). The Morgan fingerprint density at radius 2 is 2.28 bits per heavy atom. The van der Waals surface area contributed by atoms with E-state index in [9.17, 15) is 4.79 Å². The molecule has 0 aromatic carbocycles. The molecule has 2 aromatic rings. The van der Waals surface area contributed by atoms with E-state index >= 15 is 0 Å². The van der Waals surface area contributed by atoms with Gasteiger partial charge in [-0.25, -0.2) is 0 Å². The van der Waals surface area contributed by atoms with E-state index in [4.69, 9.17) is 11.6 Å². The van der Waals surface area contributed by atoms with Gasteiger partial charge in [0.15, 0.2) is 4.34 Å². The van der Waals surface area contributed by atoms with Crippen molar-refractivity contribution < 1.29 is 4.79 Å². The minimum Gasteiger partial charge on any atom is -0.296 e. The van der Waals surface area contributed by atoms with Crippen molar-refractivity contribution in [3.8, 4) is 0 Å². The molecule has 18 heavy (non-hydrogen) atoms. The largest absolute Gasteiger partial charge is 0.296 e. The molecule has 0 saturated carbocycles. The van der Waals surface area contributed by atoms with Crippen molar-refractivity contribution in [2.24, 2.45) is 0 Å². The topological polar surface area (TPSA) is 54.9 Å². The van der Waals surface area contributed by atoms with Gasteiger partial charge in [0.1, 0.15) is 0 Å². The van der Waals surface area contributed by atoms with Crippen LogP contribution < -0.4 is 5.32 Å². The van der Waals surface area contributed by atoms with E-state index in [2.05, 4.69) is 22.4 Å². The van der Waals surface area contributed by atoms with Gasteiger partial charge in [-0.1, -0.05) is 41.6 Å². The molecule has 8 heteroatoms. The van der Waals surface area contributed by atoms with Crippen molar-refractivity contribution in [2.75, 3.05) is 11.1 Å². The van der Waals surface area contributed by atoms with Gasteiger partial charge in [-0.05, 0) is 18.6 Å². The third-order valence-corrected chi connectivity index (χ3v) is 5.26. The van der Waals surface area contributed by atoms with Gasteiger partial charge in [-0.3, -0.25) is 10.1 Å². The van der Waals surface area contributed by atoms with Crippen molar-refractivity contribution in [3.63, 3.8) is 0 Å². The molecule has 4 nitrogen and oxygen atoms in total. The highest BCUT2D eigenvalue weighted by Gasteiger charge is 2.12. The summed E-state index contributed by atoms with van der Waals surface area (Å²) < 4.78 is 1.47. The highest BCUT2D eigenvalue weighted by Crippen LogP contribution is 2.27. The molecule has 0 saturated heterocycles. The normalized spacial score (nSPS) is 10.6. The first-order chi connectivity index (χ1) is 8.69. The molecule has 0 aliphatic rings. The number of amides is 1. The van der Waals surface area contributed by atoms with E-state index in [0.717, 1.165) is 16.5 Å². The number of rotatable bonds is 5. The first-order valence-corrected chi connectivity index (χ1v) is 8.21. The Balaban J connectivity index is 1.97. The van der Waals surface area contributed by atoms with Crippen molar-refractivity contribution in [2.45, 2.75) is 17.7 Å². The van der Waals surface area contributed by atoms with Gasteiger partial charge in [0.05, 0.1) is 9.21 Å². The van der Waals surface area contributed by atoms with Gasteiger partial charge < -0.3 is 0 Å². The maximum atomic E-state index is 11.8. The van der Waals surface area contributed by atoms with E-state index in [1.54, 1.807) is 23.9 Å². The van der Waals surface area contributed by atoms with Gasteiger partial charge in [0, 0.05) is 5.75 Å². The molecular formula is C10H10ClN3OS3. The summed E-state index contributed by atoms with van der Waals surface area (Å²) in [7, 11) is 0. The van der Waals surface area contributed by atoms with Crippen LogP contribution in [-0.2, 0) is 0 Å². The van der Waals surface area contributed by atoms with E-state index < -0.39 is 0 Å². The predicted octanol–water partition coefficient (Wildman–Crippen LogP) is 4.01. The predicted molar refractivity (Wildman–Crippen MR) is 78.2 cm³/mol. The molecule has 2 aromatic heterocycles. The molecule has 0 unspecified atom stereocenters. The van der Waals surface area contributed by atoms with Crippen LogP contribution in [0.15, 0.2) is 16.5 Å². The van der Waals surface area contributed by atoms with Crippen molar-refractivity contribution in [1.82, 2.24) is 10.2 Å². The van der Waals surface area contributed by atoms with E-state index in [1.807, 2.05) is 0 Å². The van der Waals surface area contributed by atoms with Crippen LogP contribution in [0.1, 0.15) is 23.0 Å². The number of hydrogen-bond acceptors (Lipinski definition) is 6. The Hall–Kier alpha value is -0.630. The van der Waals surface area contributed by atoms with Crippen LogP contribution in [0.3, 0.4) is 0 Å². The number of carbonyl (C=O) groups is 1. The quantitative estimate of drug-likeness (QED) is 0.668. The van der Waals surface area contributed by atoms with Crippen LogP contribution in [0.4, 0.5) is 5.13 Å². The van der Waals surface area contributed by atoms with Crippen LogP contribution in [0, 0.1) is 0 Å². The maximum absolute atomic E-state index is 11.8. The van der Waals surface area contributed by atoms with Crippen molar-refractivity contribution in [3.05, 3.63) is 21.3 Å². The van der Waals surface area contributed by atoms with Gasteiger partial charge in [0.25, 0.3) is 5.91 Å². The second-order valence-electron chi connectivity index (χ2n) is 3.28. The van der Waals surface area contributed by atoms with Crippen LogP contribution in [0.25, 0.3) is 0 Å². The Morgan fingerprint density at radius 1 is 1.44 bits per heavy atom. The number of nitrogens with zero attached hydrogens (tertiary/aromatic N) is 2. The summed E-state index contributed by atoms with van der Waals surface area (Å²) in [5.74, 6) is 0.804. The summed E-state index contributed by atoms with van der Waals surface area (Å²) in [6, 6.07) is 3.39. The average Bonchev–Trinajstić information content (AvgIpc) is 2.96. The fraction of sp³-hybridized carbons (Fsp3) is 0.300. The monoisotopic (exact) mass is 319 g/mol. The van der Waals surface area contributed by atoms with Gasteiger partial charge in [0.2, 0.25) is 5.13 Å². The second kappa shape index (κ2) is 6.51. The molecule has 2 heterocycles. The zero-order valence-corrected chi connectivity index (χ0v) is 12.7. The zero-order valence-electron chi connectivity index (χ0n) is 9.47. The summed E-state index contributed by atoms with van der Waals surface area (Å²) in [4.78, 5) is 12.4. The molecule has 0 fully saturated rings. The number of nitrogens with one attached hydrogen (secondary N) is 1. The molecule has 0 bridgehead atoms. The molecule has 96 valence electrons.